The van der Waals surface area contributed by atoms with E-state index in [2.05, 4.69) is 20.5 Å². The van der Waals surface area contributed by atoms with Crippen LogP contribution in [-0.2, 0) is 6.18 Å². The molecule has 2 atom stereocenters. The number of hydrogen-bond donors (Lipinski definition) is 3. The number of nitrogens with zero attached hydrogens (tertiary/aromatic N) is 2. The van der Waals surface area contributed by atoms with Crippen molar-refractivity contribution < 1.29 is 31.5 Å². The molecule has 2 heterocycles. The Bertz CT molecular complexity index is 1640. The van der Waals surface area contributed by atoms with E-state index in [1.165, 1.54) is 18.2 Å². The van der Waals surface area contributed by atoms with Gasteiger partial charge >= 0.3 is 6.18 Å². The molecule has 1 saturated heterocycles. The maximum atomic E-state index is 15.7. The average molecular weight is 618 g/mol. The second kappa shape index (κ2) is 12.0. The van der Waals surface area contributed by atoms with Crippen molar-refractivity contribution in [3.05, 3.63) is 81.3 Å². The van der Waals surface area contributed by atoms with Crippen molar-refractivity contribution in [3.63, 3.8) is 0 Å². The summed E-state index contributed by atoms with van der Waals surface area (Å²) in [5, 5.41) is 5.15. The molecule has 13 heteroatoms. The fourth-order valence-electron chi connectivity index (χ4n) is 5.35. The summed E-state index contributed by atoms with van der Waals surface area (Å²) in [7, 11) is 1.94. The molecule has 0 bridgehead atoms. The van der Waals surface area contributed by atoms with Gasteiger partial charge in [-0.3, -0.25) is 19.3 Å². The Hall–Kier alpha value is -4.26. The molecule has 1 aromatic heterocycles. The lowest BCUT2D eigenvalue weighted by Gasteiger charge is -2.44. The summed E-state index contributed by atoms with van der Waals surface area (Å²) in [6, 6.07) is 6.32. The van der Waals surface area contributed by atoms with Crippen LogP contribution < -0.4 is 21.1 Å². The van der Waals surface area contributed by atoms with Crippen molar-refractivity contribution in [3.8, 4) is 11.1 Å². The highest BCUT2D eigenvalue weighted by Gasteiger charge is 2.36. The van der Waals surface area contributed by atoms with Gasteiger partial charge in [0.1, 0.15) is 11.6 Å². The zero-order valence-corrected chi connectivity index (χ0v) is 24.3. The smallest absolute Gasteiger partial charge is 0.367 e. The molecule has 2 amide bonds. The normalized spacial score (nSPS) is 19.1. The predicted molar refractivity (Wildman–Crippen MR) is 156 cm³/mol. The Kier molecular flexibility index (Phi) is 8.52. The summed E-state index contributed by atoms with van der Waals surface area (Å²) in [5.74, 6) is -3.03. The number of H-pyrrole nitrogens is 1. The highest BCUT2D eigenvalue weighted by molar-refractivity contribution is 6.07. The first-order chi connectivity index (χ1) is 20.7. The first-order valence-electron chi connectivity index (χ1n) is 14.2. The lowest BCUT2D eigenvalue weighted by molar-refractivity contribution is -0.138. The van der Waals surface area contributed by atoms with Crippen molar-refractivity contribution >= 4 is 23.2 Å². The molecule has 8 nitrogen and oxygen atoms in total. The lowest BCUT2D eigenvalue weighted by atomic mass is 9.99. The quantitative estimate of drug-likeness (QED) is 0.315. The van der Waals surface area contributed by atoms with E-state index in [4.69, 9.17) is 0 Å². The second-order valence-corrected chi connectivity index (χ2v) is 11.5. The number of halogens is 5. The third-order valence-electron chi connectivity index (χ3n) is 8.28. The third-order valence-corrected chi connectivity index (χ3v) is 8.28. The summed E-state index contributed by atoms with van der Waals surface area (Å²) in [5.41, 5.74) is -3.38. The number of aromatic nitrogens is 1. The van der Waals surface area contributed by atoms with Crippen molar-refractivity contribution in [2.75, 3.05) is 36.9 Å². The van der Waals surface area contributed by atoms with Crippen molar-refractivity contribution in [1.82, 2.24) is 15.2 Å². The molecular formula is C31H32F5N5O3. The molecule has 3 aromatic rings. The zero-order chi connectivity index (χ0) is 31.9. The SMILES string of the molecule is CC1CN(c2cc(F)c(-c3ccc(C(=O)NCC4CC4)c(F)c3)cc2NC(=O)c2c[nH]c(=O)cc2C(F)(F)F)CC(C)N1C. The van der Waals surface area contributed by atoms with E-state index in [0.29, 0.717) is 37.8 Å². The van der Waals surface area contributed by atoms with Crippen LogP contribution in [0, 0.1) is 17.6 Å². The van der Waals surface area contributed by atoms with Gasteiger partial charge in [0.15, 0.2) is 0 Å². The minimum Gasteiger partial charge on any atom is -0.367 e. The zero-order valence-electron chi connectivity index (χ0n) is 24.3. The fourth-order valence-corrected chi connectivity index (χ4v) is 5.35. The number of aromatic amines is 1. The van der Waals surface area contributed by atoms with E-state index in [1.807, 2.05) is 25.8 Å². The largest absolute Gasteiger partial charge is 0.417 e. The molecule has 2 aromatic carbocycles. The molecule has 0 spiro atoms. The number of carbonyl (C=O) groups excluding carboxylic acids is 2. The highest BCUT2D eigenvalue weighted by atomic mass is 19.4. The maximum Gasteiger partial charge on any atom is 0.417 e. The first-order valence-corrected chi connectivity index (χ1v) is 14.2. The Balaban J connectivity index is 1.54. The number of nitrogens with one attached hydrogen (secondary N) is 3. The molecule has 2 unspecified atom stereocenters. The Morgan fingerprint density at radius 2 is 1.64 bits per heavy atom. The number of pyridine rings is 1. The molecular weight excluding hydrogens is 585 g/mol. The maximum absolute atomic E-state index is 15.7. The van der Waals surface area contributed by atoms with Crippen molar-refractivity contribution in [1.29, 1.82) is 0 Å². The molecule has 5 rings (SSSR count). The van der Waals surface area contributed by atoms with Crippen LogP contribution in [0.5, 0.6) is 0 Å². The summed E-state index contributed by atoms with van der Waals surface area (Å²) in [4.78, 5) is 43.4. The van der Waals surface area contributed by atoms with Crippen LogP contribution in [-0.4, -0.2) is 60.5 Å². The molecule has 234 valence electrons. The van der Waals surface area contributed by atoms with Gasteiger partial charge in [-0.25, -0.2) is 8.78 Å². The lowest BCUT2D eigenvalue weighted by Crippen LogP contribution is -2.55. The Morgan fingerprint density at radius 3 is 2.25 bits per heavy atom. The minimum absolute atomic E-state index is 0.0126. The second-order valence-electron chi connectivity index (χ2n) is 11.5. The molecule has 1 aliphatic heterocycles. The van der Waals surface area contributed by atoms with Gasteiger partial charge in [0, 0.05) is 49.5 Å². The number of likely N-dealkylation sites (N-methyl/N-ethyl adjacent to an activating group) is 1. The number of alkyl halides is 3. The van der Waals surface area contributed by atoms with Gasteiger partial charge in [0.05, 0.1) is 28.1 Å². The van der Waals surface area contributed by atoms with E-state index in [-0.39, 0.29) is 40.1 Å². The van der Waals surface area contributed by atoms with Crippen LogP contribution in [0.3, 0.4) is 0 Å². The third kappa shape index (κ3) is 6.62. The average Bonchev–Trinajstić information content (AvgIpc) is 3.79. The molecule has 44 heavy (non-hydrogen) atoms. The first kappa shape index (κ1) is 31.2. The van der Waals surface area contributed by atoms with Gasteiger partial charge in [-0.2, -0.15) is 13.2 Å². The van der Waals surface area contributed by atoms with Crippen LogP contribution in [0.25, 0.3) is 11.1 Å². The van der Waals surface area contributed by atoms with E-state index < -0.39 is 46.3 Å². The van der Waals surface area contributed by atoms with Gasteiger partial charge in [-0.15, -0.1) is 0 Å². The van der Waals surface area contributed by atoms with Crippen molar-refractivity contribution in [2.45, 2.75) is 44.9 Å². The van der Waals surface area contributed by atoms with Gasteiger partial charge in [-0.1, -0.05) is 6.07 Å². The monoisotopic (exact) mass is 617 g/mol. The molecule has 1 saturated carbocycles. The molecule has 2 aliphatic rings. The molecule has 2 fully saturated rings. The number of benzene rings is 2. The van der Waals surface area contributed by atoms with Crippen LogP contribution in [0.1, 0.15) is 53.0 Å². The van der Waals surface area contributed by atoms with Crippen LogP contribution in [0.15, 0.2) is 47.4 Å². The topological polar surface area (TPSA) is 97.5 Å². The summed E-state index contributed by atoms with van der Waals surface area (Å²) >= 11 is 0. The van der Waals surface area contributed by atoms with Crippen LogP contribution in [0.2, 0.25) is 0 Å². The van der Waals surface area contributed by atoms with Gasteiger partial charge in [0.2, 0.25) is 5.56 Å². The summed E-state index contributed by atoms with van der Waals surface area (Å²) < 4.78 is 72.0. The highest BCUT2D eigenvalue weighted by Crippen LogP contribution is 2.38. The number of carbonyl (C=O) groups is 2. The Labute approximate surface area is 250 Å². The van der Waals surface area contributed by atoms with E-state index >= 15 is 8.78 Å². The fraction of sp³-hybridized carbons (Fsp3) is 0.387. The van der Waals surface area contributed by atoms with Crippen molar-refractivity contribution in [2.24, 2.45) is 5.92 Å². The van der Waals surface area contributed by atoms with E-state index in [1.54, 1.807) is 0 Å². The van der Waals surface area contributed by atoms with Gasteiger partial charge < -0.3 is 20.5 Å². The minimum atomic E-state index is -5.00. The van der Waals surface area contributed by atoms with E-state index in [0.717, 1.165) is 25.0 Å². The number of piperazine rings is 1. The number of hydrogen-bond acceptors (Lipinski definition) is 5. The van der Waals surface area contributed by atoms with Gasteiger partial charge in [0.25, 0.3) is 11.8 Å². The predicted octanol–water partition coefficient (Wildman–Crippen LogP) is 5.26. The number of amides is 2. The summed E-state index contributed by atoms with van der Waals surface area (Å²) in [6.07, 6.45) is -2.32. The van der Waals surface area contributed by atoms with Gasteiger partial charge in [-0.05, 0) is 69.5 Å². The van der Waals surface area contributed by atoms with Crippen LogP contribution >= 0.6 is 0 Å². The number of rotatable bonds is 7. The molecule has 0 radical (unpaired) electrons. The molecule has 3 N–H and O–H groups in total. The molecule has 1 aliphatic carbocycles. The number of anilines is 2. The standard InChI is InChI=1S/C31H32F5N5O3/c1-16-14-41(15-17(2)40(16)3)27-11-25(33)21(19-6-7-20(24(32)8-19)29(43)38-12-18-4-5-18)9-26(27)39-30(44)22-13-37-28(42)10-23(22)31(34,35)36/h6-11,13,16-18H,4-5,12,14-15H2,1-3H3,(H,37,42)(H,38,43)(H,39,44). The van der Waals surface area contributed by atoms with Crippen LogP contribution in [0.4, 0.5) is 33.3 Å². The van der Waals surface area contributed by atoms with E-state index in [9.17, 15) is 27.6 Å². The summed E-state index contributed by atoms with van der Waals surface area (Å²) in [6.45, 7) is 5.22. The Morgan fingerprint density at radius 1 is 0.955 bits per heavy atom.